The van der Waals surface area contributed by atoms with Crippen molar-refractivity contribution in [2.75, 3.05) is 16.4 Å². The number of rotatable bonds is 7. The van der Waals surface area contributed by atoms with E-state index < -0.39 is 43.8 Å². The van der Waals surface area contributed by atoms with E-state index in [1.165, 1.54) is 11.8 Å². The number of ether oxygens (including phenoxy) is 2. The molecule has 11 heteroatoms. The molecule has 1 N–H and O–H groups in total. The highest BCUT2D eigenvalue weighted by Crippen LogP contribution is 2.60. The summed E-state index contributed by atoms with van der Waals surface area (Å²) >= 11 is 6.39. The van der Waals surface area contributed by atoms with Crippen molar-refractivity contribution < 1.29 is 33.1 Å². The third kappa shape index (κ3) is 4.57. The number of anilines is 2. The molecule has 0 aromatic heterocycles. The molecule has 3 aliphatic heterocycles. The summed E-state index contributed by atoms with van der Waals surface area (Å²) in [5.41, 5.74) is 0.605. The number of aliphatic hydroxyl groups excluding tert-OH is 1. The SMILES string of the molecule is CC(=O)OC1CC(=O)N1c1cccc(CN2C(=O)[C@]3(O[C@H](CCO)[C@@H]([Si](C)(C)F)[C@@H]3C)c3cc(Cl)ccc32)c1. The highest BCUT2D eigenvalue weighted by molar-refractivity contribution is 6.72. The Hall–Kier alpha value is -2.79. The van der Waals surface area contributed by atoms with Crippen LogP contribution in [0.15, 0.2) is 42.5 Å². The number of aliphatic hydroxyl groups is 1. The molecule has 5 atom stereocenters. The molecule has 0 aliphatic carbocycles. The first-order valence-electron chi connectivity index (χ1n) is 13.1. The van der Waals surface area contributed by atoms with Crippen LogP contribution in [0.2, 0.25) is 23.7 Å². The maximum absolute atomic E-state index is 15.6. The van der Waals surface area contributed by atoms with Gasteiger partial charge in [-0.1, -0.05) is 30.7 Å². The quantitative estimate of drug-likeness (QED) is 0.223. The molecule has 2 fully saturated rings. The van der Waals surface area contributed by atoms with Gasteiger partial charge in [0.25, 0.3) is 5.91 Å². The molecular formula is C28H32ClFN2O6Si. The van der Waals surface area contributed by atoms with E-state index >= 15 is 4.11 Å². The molecule has 0 bridgehead atoms. The van der Waals surface area contributed by atoms with E-state index in [-0.39, 0.29) is 37.8 Å². The van der Waals surface area contributed by atoms with Crippen molar-refractivity contribution in [3.8, 4) is 0 Å². The minimum Gasteiger partial charge on any atom is -0.441 e. The van der Waals surface area contributed by atoms with E-state index in [2.05, 4.69) is 0 Å². The molecule has 3 aliphatic rings. The molecule has 2 aromatic rings. The minimum atomic E-state index is -3.30. The van der Waals surface area contributed by atoms with Gasteiger partial charge in [0.2, 0.25) is 14.3 Å². The second-order valence-corrected chi connectivity index (χ2v) is 15.3. The lowest BCUT2D eigenvalue weighted by Gasteiger charge is -2.39. The molecule has 3 heterocycles. The Kier molecular flexibility index (Phi) is 7.11. The van der Waals surface area contributed by atoms with Crippen LogP contribution in [0.5, 0.6) is 0 Å². The van der Waals surface area contributed by atoms with Crippen LogP contribution in [-0.2, 0) is 36.0 Å². The lowest BCUT2D eigenvalue weighted by molar-refractivity contribution is -0.154. The summed E-state index contributed by atoms with van der Waals surface area (Å²) in [5, 5.41) is 10.1. The summed E-state index contributed by atoms with van der Waals surface area (Å²) in [7, 11) is -3.30. The van der Waals surface area contributed by atoms with Gasteiger partial charge in [-0.25, -0.2) is 0 Å². The summed E-state index contributed by atoms with van der Waals surface area (Å²) in [6.45, 7) is 6.37. The van der Waals surface area contributed by atoms with Crippen LogP contribution in [0.3, 0.4) is 0 Å². The Morgan fingerprint density at radius 3 is 2.64 bits per heavy atom. The average Bonchev–Trinajstić information content (AvgIpc) is 3.25. The Bertz CT molecular complexity index is 1340. The number of nitrogens with zero attached hydrogens (tertiary/aromatic N) is 2. The van der Waals surface area contributed by atoms with Gasteiger partial charge < -0.3 is 23.6 Å². The van der Waals surface area contributed by atoms with Crippen molar-refractivity contribution in [1.82, 2.24) is 0 Å². The molecule has 39 heavy (non-hydrogen) atoms. The minimum absolute atomic E-state index is 0.116. The first kappa shape index (κ1) is 27.8. The van der Waals surface area contributed by atoms with E-state index in [9.17, 15) is 19.5 Å². The smallest absolute Gasteiger partial charge is 0.304 e. The van der Waals surface area contributed by atoms with Crippen LogP contribution in [0.4, 0.5) is 15.5 Å². The van der Waals surface area contributed by atoms with Crippen molar-refractivity contribution in [3.05, 3.63) is 58.6 Å². The number of β-lactam (4-membered cyclic amide) rings is 1. The number of hydrogen-bond acceptors (Lipinski definition) is 6. The number of amides is 2. The van der Waals surface area contributed by atoms with Gasteiger partial charge >= 0.3 is 5.97 Å². The number of benzene rings is 2. The Labute approximate surface area is 232 Å². The van der Waals surface area contributed by atoms with Gasteiger partial charge in [-0.05, 0) is 55.4 Å². The predicted molar refractivity (Wildman–Crippen MR) is 146 cm³/mol. The number of halogens is 2. The largest absolute Gasteiger partial charge is 0.441 e. The van der Waals surface area contributed by atoms with Crippen LogP contribution in [0.1, 0.15) is 37.8 Å². The van der Waals surface area contributed by atoms with E-state index in [1.807, 2.05) is 13.0 Å². The fourth-order valence-electron chi connectivity index (χ4n) is 6.54. The van der Waals surface area contributed by atoms with Gasteiger partial charge in [-0.3, -0.25) is 19.3 Å². The Morgan fingerprint density at radius 1 is 1.26 bits per heavy atom. The lowest BCUT2D eigenvalue weighted by Crippen LogP contribution is -2.54. The van der Waals surface area contributed by atoms with Crippen LogP contribution < -0.4 is 9.80 Å². The molecule has 1 unspecified atom stereocenters. The highest BCUT2D eigenvalue weighted by Gasteiger charge is 2.66. The monoisotopic (exact) mass is 574 g/mol. The summed E-state index contributed by atoms with van der Waals surface area (Å²) in [5.74, 6) is -1.43. The van der Waals surface area contributed by atoms with Crippen LogP contribution in [0, 0.1) is 5.92 Å². The van der Waals surface area contributed by atoms with Crippen LogP contribution in [-0.4, -0.2) is 50.2 Å². The Morgan fingerprint density at radius 2 is 2.00 bits per heavy atom. The van der Waals surface area contributed by atoms with Gasteiger partial charge in [-0.15, -0.1) is 0 Å². The summed E-state index contributed by atoms with van der Waals surface area (Å²) in [6, 6.07) is 12.3. The van der Waals surface area contributed by atoms with Gasteiger partial charge in [0, 0.05) is 41.3 Å². The van der Waals surface area contributed by atoms with Gasteiger partial charge in [0.15, 0.2) is 11.8 Å². The van der Waals surface area contributed by atoms with Crippen molar-refractivity contribution in [3.63, 3.8) is 0 Å². The summed E-state index contributed by atoms with van der Waals surface area (Å²) < 4.78 is 27.4. The molecule has 2 saturated heterocycles. The van der Waals surface area contributed by atoms with Crippen molar-refractivity contribution in [2.24, 2.45) is 5.92 Å². The molecule has 5 rings (SSSR count). The number of hydrogen-bond donors (Lipinski definition) is 1. The molecule has 2 aromatic carbocycles. The molecule has 2 amide bonds. The van der Waals surface area contributed by atoms with Crippen molar-refractivity contribution in [1.29, 1.82) is 0 Å². The number of carbonyl (C=O) groups excluding carboxylic acids is 3. The van der Waals surface area contributed by atoms with Gasteiger partial charge in [0.05, 0.1) is 24.8 Å². The molecular weight excluding hydrogens is 543 g/mol. The van der Waals surface area contributed by atoms with Crippen molar-refractivity contribution in [2.45, 2.75) is 69.8 Å². The molecule has 1 spiro atoms. The van der Waals surface area contributed by atoms with Crippen LogP contribution >= 0.6 is 11.6 Å². The first-order chi connectivity index (χ1) is 18.4. The third-order valence-electron chi connectivity index (χ3n) is 8.07. The van der Waals surface area contributed by atoms with E-state index in [0.717, 1.165) is 5.56 Å². The number of esters is 1. The molecule has 8 nitrogen and oxygen atoms in total. The molecule has 0 saturated carbocycles. The zero-order valence-electron chi connectivity index (χ0n) is 22.3. The Balaban J connectivity index is 1.51. The maximum atomic E-state index is 15.6. The standard InChI is InChI=1S/C28H32ClFN2O6Si/c1-16-26(39(3,4)30)23(10-11-33)38-28(16)21-13-19(29)8-9-22(21)31(27(28)36)15-18-6-5-7-20(12-18)32-24(35)14-25(32)37-17(2)34/h5-9,12-13,16,23,25-26,33H,10-11,14-15H2,1-4H3/t16-,23+,25?,26-,28+/m0/s1. The normalized spacial score (nSPS) is 28.2. The van der Waals surface area contributed by atoms with E-state index in [0.29, 0.717) is 22.0 Å². The van der Waals surface area contributed by atoms with Crippen molar-refractivity contribution >= 4 is 49.2 Å². The topological polar surface area (TPSA) is 96.4 Å². The fourth-order valence-corrected chi connectivity index (χ4v) is 9.26. The number of fused-ring (bicyclic) bond motifs is 2. The van der Waals surface area contributed by atoms with Gasteiger partial charge in [0.1, 0.15) is 0 Å². The highest BCUT2D eigenvalue weighted by atomic mass is 35.5. The summed E-state index contributed by atoms with van der Waals surface area (Å²) in [4.78, 5) is 41.1. The fraction of sp³-hybridized carbons (Fsp3) is 0.464. The molecule has 0 radical (unpaired) electrons. The first-order valence-corrected chi connectivity index (χ1v) is 16.4. The van der Waals surface area contributed by atoms with Crippen LogP contribution in [0.25, 0.3) is 0 Å². The predicted octanol–water partition coefficient (Wildman–Crippen LogP) is 4.67. The zero-order valence-corrected chi connectivity index (χ0v) is 24.1. The summed E-state index contributed by atoms with van der Waals surface area (Å²) in [6.07, 6.45) is -0.919. The van der Waals surface area contributed by atoms with E-state index in [1.54, 1.807) is 54.4 Å². The lowest BCUT2D eigenvalue weighted by atomic mass is 9.82. The zero-order chi connectivity index (χ0) is 28.3. The maximum Gasteiger partial charge on any atom is 0.304 e. The second kappa shape index (κ2) is 9.99. The average molecular weight is 575 g/mol. The second-order valence-electron chi connectivity index (χ2n) is 11.0. The third-order valence-corrected chi connectivity index (χ3v) is 10.8. The molecule has 208 valence electrons. The number of carbonyl (C=O) groups is 3. The van der Waals surface area contributed by atoms with Gasteiger partial charge in [-0.2, -0.15) is 0 Å². The van der Waals surface area contributed by atoms with E-state index in [4.69, 9.17) is 21.1 Å².